The van der Waals surface area contributed by atoms with Gasteiger partial charge in [-0.05, 0) is 29.8 Å². The Balaban J connectivity index is 2.30. The van der Waals surface area contributed by atoms with Gasteiger partial charge in [0.2, 0.25) is 0 Å². The van der Waals surface area contributed by atoms with E-state index in [1.807, 2.05) is 0 Å². The predicted octanol–water partition coefficient (Wildman–Crippen LogP) is 4.86. The summed E-state index contributed by atoms with van der Waals surface area (Å²) in [6.45, 7) is 0. The Kier molecular flexibility index (Phi) is 3.67. The van der Waals surface area contributed by atoms with Crippen molar-refractivity contribution in [2.45, 2.75) is 0 Å². The second-order valence-corrected chi connectivity index (χ2v) is 3.54. The number of rotatable bonds is 3. The van der Waals surface area contributed by atoms with Crippen molar-refractivity contribution in [1.29, 1.82) is 0 Å². The first-order valence-electron chi connectivity index (χ1n) is 5.20. The zero-order chi connectivity index (χ0) is 13.0. The molecule has 0 N–H and O–H groups in total. The van der Waals surface area contributed by atoms with Crippen molar-refractivity contribution in [3.8, 4) is 11.5 Å². The molecular formula is C14H9F3O. The molecule has 2 rings (SSSR count). The Morgan fingerprint density at radius 3 is 2.39 bits per heavy atom. The van der Waals surface area contributed by atoms with Gasteiger partial charge in [-0.25, -0.2) is 4.39 Å². The molecule has 2 aromatic rings. The molecule has 0 aliphatic heterocycles. The SMILES string of the molecule is FC(F)=Cc1ccc(F)c(Oc2ccccc2)c1. The minimum Gasteiger partial charge on any atom is -0.454 e. The van der Waals surface area contributed by atoms with E-state index >= 15 is 0 Å². The van der Waals surface area contributed by atoms with Gasteiger partial charge in [0.05, 0.1) is 0 Å². The van der Waals surface area contributed by atoms with Crippen LogP contribution in [0.2, 0.25) is 0 Å². The third kappa shape index (κ3) is 3.13. The lowest BCUT2D eigenvalue weighted by atomic mass is 10.2. The van der Waals surface area contributed by atoms with Crippen molar-refractivity contribution in [3.63, 3.8) is 0 Å². The maximum Gasteiger partial charge on any atom is 0.270 e. The molecule has 0 saturated carbocycles. The van der Waals surface area contributed by atoms with Crippen molar-refractivity contribution in [1.82, 2.24) is 0 Å². The first kappa shape index (κ1) is 12.2. The first-order chi connectivity index (χ1) is 8.65. The summed E-state index contributed by atoms with van der Waals surface area (Å²) in [6.07, 6.45) is -1.19. The molecule has 0 amide bonds. The van der Waals surface area contributed by atoms with Crippen LogP contribution < -0.4 is 4.74 Å². The van der Waals surface area contributed by atoms with Gasteiger partial charge in [-0.1, -0.05) is 24.3 Å². The number of hydrogen-bond donors (Lipinski definition) is 0. The van der Waals surface area contributed by atoms with E-state index in [9.17, 15) is 13.2 Å². The maximum absolute atomic E-state index is 13.5. The second-order valence-electron chi connectivity index (χ2n) is 3.54. The summed E-state index contributed by atoms with van der Waals surface area (Å²) in [6, 6.07) is 12.1. The minimum absolute atomic E-state index is 0.0869. The van der Waals surface area contributed by atoms with Crippen molar-refractivity contribution in [2.24, 2.45) is 0 Å². The zero-order valence-corrected chi connectivity index (χ0v) is 9.24. The number of hydrogen-bond acceptors (Lipinski definition) is 1. The van der Waals surface area contributed by atoms with Crippen molar-refractivity contribution in [3.05, 3.63) is 66.0 Å². The highest BCUT2D eigenvalue weighted by molar-refractivity contribution is 5.53. The second kappa shape index (κ2) is 5.40. The topological polar surface area (TPSA) is 9.23 Å². The van der Waals surface area contributed by atoms with Crippen LogP contribution in [-0.2, 0) is 0 Å². The van der Waals surface area contributed by atoms with E-state index in [-0.39, 0.29) is 11.3 Å². The van der Waals surface area contributed by atoms with Crippen LogP contribution in [-0.4, -0.2) is 0 Å². The molecule has 92 valence electrons. The van der Waals surface area contributed by atoms with E-state index in [1.54, 1.807) is 30.3 Å². The molecule has 0 unspecified atom stereocenters. The Morgan fingerprint density at radius 1 is 1.00 bits per heavy atom. The lowest BCUT2D eigenvalue weighted by molar-refractivity contribution is 0.429. The summed E-state index contributed by atoms with van der Waals surface area (Å²) in [5.74, 6) is -0.246. The molecule has 0 fully saturated rings. The van der Waals surface area contributed by atoms with Crippen molar-refractivity contribution < 1.29 is 17.9 Å². The van der Waals surface area contributed by atoms with Gasteiger partial charge in [-0.2, -0.15) is 8.78 Å². The molecular weight excluding hydrogens is 241 g/mol. The summed E-state index contributed by atoms with van der Waals surface area (Å²) < 4.78 is 43.0. The van der Waals surface area contributed by atoms with Crippen LogP contribution >= 0.6 is 0 Å². The number of ether oxygens (including phenoxy) is 1. The van der Waals surface area contributed by atoms with Gasteiger partial charge in [0.1, 0.15) is 5.75 Å². The summed E-state index contributed by atoms with van der Waals surface area (Å²) in [7, 11) is 0. The Bertz CT molecular complexity index is 561. The summed E-state index contributed by atoms with van der Waals surface area (Å²) in [5.41, 5.74) is 0.183. The molecule has 2 aromatic carbocycles. The number of benzene rings is 2. The number of halogens is 3. The third-order valence-electron chi connectivity index (χ3n) is 2.20. The Labute approximate surface area is 102 Å². The van der Waals surface area contributed by atoms with E-state index in [4.69, 9.17) is 4.74 Å². The smallest absolute Gasteiger partial charge is 0.270 e. The average Bonchev–Trinajstić information content (AvgIpc) is 2.34. The van der Waals surface area contributed by atoms with Crippen LogP contribution in [0.4, 0.5) is 13.2 Å². The van der Waals surface area contributed by atoms with E-state index in [0.29, 0.717) is 11.8 Å². The van der Waals surface area contributed by atoms with Crippen LogP contribution in [0.5, 0.6) is 11.5 Å². The highest BCUT2D eigenvalue weighted by atomic mass is 19.3. The van der Waals surface area contributed by atoms with Crippen LogP contribution in [0.3, 0.4) is 0 Å². The summed E-state index contributed by atoms with van der Waals surface area (Å²) in [5, 5.41) is 0. The highest BCUT2D eigenvalue weighted by Gasteiger charge is 2.06. The van der Waals surface area contributed by atoms with Crippen LogP contribution in [0, 0.1) is 5.82 Å². The quantitative estimate of drug-likeness (QED) is 0.756. The fourth-order valence-corrected chi connectivity index (χ4v) is 1.43. The summed E-state index contributed by atoms with van der Waals surface area (Å²) >= 11 is 0. The molecule has 18 heavy (non-hydrogen) atoms. The van der Waals surface area contributed by atoms with Crippen LogP contribution in [0.1, 0.15) is 5.56 Å². The Morgan fingerprint density at radius 2 is 1.72 bits per heavy atom. The molecule has 0 aromatic heterocycles. The molecule has 0 aliphatic carbocycles. The van der Waals surface area contributed by atoms with Crippen LogP contribution in [0.15, 0.2) is 54.6 Å². The molecule has 0 bridgehead atoms. The molecule has 0 saturated heterocycles. The minimum atomic E-state index is -1.84. The molecule has 0 aliphatic rings. The highest BCUT2D eigenvalue weighted by Crippen LogP contribution is 2.26. The largest absolute Gasteiger partial charge is 0.454 e. The van der Waals surface area contributed by atoms with E-state index < -0.39 is 11.9 Å². The molecule has 0 atom stereocenters. The van der Waals surface area contributed by atoms with Crippen molar-refractivity contribution in [2.75, 3.05) is 0 Å². The van der Waals surface area contributed by atoms with Crippen LogP contribution in [0.25, 0.3) is 6.08 Å². The Hall–Kier alpha value is -2.23. The predicted molar refractivity (Wildman–Crippen MR) is 63.1 cm³/mol. The standard InChI is InChI=1S/C14H9F3O/c15-12-7-6-10(9-14(16)17)8-13(12)18-11-4-2-1-3-5-11/h1-9H. The van der Waals surface area contributed by atoms with E-state index in [0.717, 1.165) is 6.07 Å². The van der Waals surface area contributed by atoms with Gasteiger partial charge in [0.15, 0.2) is 11.6 Å². The molecule has 0 heterocycles. The number of para-hydroxylation sites is 1. The molecule has 1 nitrogen and oxygen atoms in total. The van der Waals surface area contributed by atoms with Gasteiger partial charge in [0.25, 0.3) is 6.08 Å². The van der Waals surface area contributed by atoms with E-state index in [2.05, 4.69) is 0 Å². The normalized spacial score (nSPS) is 9.94. The monoisotopic (exact) mass is 250 g/mol. The van der Waals surface area contributed by atoms with Gasteiger partial charge in [0, 0.05) is 6.08 Å². The molecule has 0 radical (unpaired) electrons. The third-order valence-corrected chi connectivity index (χ3v) is 2.20. The first-order valence-corrected chi connectivity index (χ1v) is 5.20. The lowest BCUT2D eigenvalue weighted by Gasteiger charge is -2.07. The van der Waals surface area contributed by atoms with Gasteiger partial charge < -0.3 is 4.74 Å². The van der Waals surface area contributed by atoms with Gasteiger partial charge in [-0.15, -0.1) is 0 Å². The van der Waals surface area contributed by atoms with Gasteiger partial charge >= 0.3 is 0 Å². The maximum atomic E-state index is 13.5. The van der Waals surface area contributed by atoms with Crippen molar-refractivity contribution >= 4 is 6.08 Å². The van der Waals surface area contributed by atoms with Gasteiger partial charge in [-0.3, -0.25) is 0 Å². The fraction of sp³-hybridized carbons (Fsp3) is 0. The fourth-order valence-electron chi connectivity index (χ4n) is 1.43. The lowest BCUT2D eigenvalue weighted by Crippen LogP contribution is -1.89. The average molecular weight is 250 g/mol. The van der Waals surface area contributed by atoms with E-state index in [1.165, 1.54) is 12.1 Å². The molecule has 4 heteroatoms. The zero-order valence-electron chi connectivity index (χ0n) is 9.24. The summed E-state index contributed by atoms with van der Waals surface area (Å²) in [4.78, 5) is 0. The molecule has 0 spiro atoms.